The highest BCUT2D eigenvalue weighted by Gasteiger charge is 2.30. The lowest BCUT2D eigenvalue weighted by molar-refractivity contribution is -0.133. The van der Waals surface area contributed by atoms with Gasteiger partial charge in [0.05, 0.1) is 21.6 Å². The van der Waals surface area contributed by atoms with Crippen LogP contribution in [-0.2, 0) is 11.4 Å². The summed E-state index contributed by atoms with van der Waals surface area (Å²) >= 11 is 6.46. The van der Waals surface area contributed by atoms with Crippen molar-refractivity contribution in [1.29, 1.82) is 0 Å². The first kappa shape index (κ1) is 23.3. The van der Waals surface area contributed by atoms with Gasteiger partial charge in [0, 0.05) is 18.9 Å². The number of amides is 1. The summed E-state index contributed by atoms with van der Waals surface area (Å²) in [6.45, 7) is 3.71. The molecule has 0 fully saturated rings. The predicted octanol–water partition coefficient (Wildman–Crippen LogP) is 4.90. The Kier molecular flexibility index (Phi) is 6.79. The molecule has 0 aliphatic carbocycles. The van der Waals surface area contributed by atoms with Crippen molar-refractivity contribution in [3.8, 4) is 11.5 Å². The molecule has 0 atom stereocenters. The molecule has 0 unspecified atom stereocenters. The molecule has 0 saturated carbocycles. The van der Waals surface area contributed by atoms with Crippen molar-refractivity contribution in [2.24, 2.45) is 0 Å². The number of nitrogens with zero attached hydrogens (tertiary/aromatic N) is 3. The maximum atomic E-state index is 12.2. The molecule has 4 aromatic rings. The van der Waals surface area contributed by atoms with Crippen LogP contribution in [0.15, 0.2) is 67.1 Å². The van der Waals surface area contributed by atoms with Crippen LogP contribution in [0.25, 0.3) is 10.9 Å². The molecule has 8 nitrogen and oxygen atoms in total. The minimum atomic E-state index is -1.09. The fourth-order valence-electron chi connectivity index (χ4n) is 3.35. The molecule has 0 aliphatic rings. The SMILES string of the molecule is CNC(=O)C(C)(C)Oc1cccc2ncnc(Nc3ccc(OCc4ccccn4)c(Cl)c3)c12. The minimum Gasteiger partial charge on any atom is -0.486 e. The van der Waals surface area contributed by atoms with E-state index < -0.39 is 5.60 Å². The standard InChI is InChI=1S/C25H24ClN5O3/c1-25(2,24(32)27-3)34-21-9-6-8-19-22(21)23(30-15-29-19)31-16-10-11-20(18(26)13-16)33-14-17-7-4-5-12-28-17/h4-13,15H,14H2,1-3H3,(H,27,32)(H,29,30,31). The number of hydrogen-bond acceptors (Lipinski definition) is 7. The Labute approximate surface area is 202 Å². The number of halogens is 1. The number of hydrogen-bond donors (Lipinski definition) is 2. The van der Waals surface area contributed by atoms with Crippen LogP contribution in [0.1, 0.15) is 19.5 Å². The molecule has 0 saturated heterocycles. The summed E-state index contributed by atoms with van der Waals surface area (Å²) in [6.07, 6.45) is 3.18. The summed E-state index contributed by atoms with van der Waals surface area (Å²) in [6, 6.07) is 16.5. The van der Waals surface area contributed by atoms with Gasteiger partial charge in [-0.3, -0.25) is 9.78 Å². The molecule has 2 N–H and O–H groups in total. The van der Waals surface area contributed by atoms with E-state index in [1.807, 2.05) is 36.4 Å². The van der Waals surface area contributed by atoms with Gasteiger partial charge < -0.3 is 20.1 Å². The number of anilines is 2. The van der Waals surface area contributed by atoms with E-state index in [1.54, 1.807) is 45.3 Å². The molecule has 1 amide bonds. The molecule has 0 radical (unpaired) electrons. The molecule has 0 spiro atoms. The number of rotatable bonds is 8. The Balaban J connectivity index is 1.59. The fraction of sp³-hybridized carbons (Fsp3) is 0.200. The number of pyridine rings is 1. The second-order valence-electron chi connectivity index (χ2n) is 7.94. The number of carbonyl (C=O) groups is 1. The summed E-state index contributed by atoms with van der Waals surface area (Å²) in [4.78, 5) is 25.2. The van der Waals surface area contributed by atoms with Crippen molar-refractivity contribution in [3.05, 3.63) is 77.8 Å². The van der Waals surface area contributed by atoms with E-state index in [9.17, 15) is 4.79 Å². The smallest absolute Gasteiger partial charge is 0.263 e. The molecule has 2 aromatic carbocycles. The minimum absolute atomic E-state index is 0.246. The molecular formula is C25H24ClN5O3. The van der Waals surface area contributed by atoms with E-state index in [1.165, 1.54) is 6.33 Å². The van der Waals surface area contributed by atoms with Crippen molar-refractivity contribution < 1.29 is 14.3 Å². The second kappa shape index (κ2) is 9.93. The normalized spacial score (nSPS) is 11.2. The fourth-order valence-corrected chi connectivity index (χ4v) is 3.58. The van der Waals surface area contributed by atoms with E-state index >= 15 is 0 Å². The molecule has 0 aliphatic heterocycles. The number of aromatic nitrogens is 3. The molecule has 2 aromatic heterocycles. The van der Waals surface area contributed by atoms with E-state index in [0.717, 1.165) is 5.69 Å². The third kappa shape index (κ3) is 5.18. The van der Waals surface area contributed by atoms with Crippen LogP contribution in [0.2, 0.25) is 5.02 Å². The summed E-state index contributed by atoms with van der Waals surface area (Å²) in [5.74, 6) is 1.30. The summed E-state index contributed by atoms with van der Waals surface area (Å²) in [5.41, 5.74) is 1.09. The van der Waals surface area contributed by atoms with Crippen LogP contribution < -0.4 is 20.1 Å². The largest absolute Gasteiger partial charge is 0.486 e. The first-order chi connectivity index (χ1) is 16.4. The highest BCUT2D eigenvalue weighted by molar-refractivity contribution is 6.32. The summed E-state index contributed by atoms with van der Waals surface area (Å²) in [7, 11) is 1.57. The number of carbonyl (C=O) groups excluding carboxylic acids is 1. The van der Waals surface area contributed by atoms with Crippen molar-refractivity contribution in [2.75, 3.05) is 12.4 Å². The number of nitrogens with one attached hydrogen (secondary N) is 2. The van der Waals surface area contributed by atoms with Crippen LogP contribution in [0, 0.1) is 0 Å². The first-order valence-corrected chi connectivity index (χ1v) is 11.0. The zero-order valence-electron chi connectivity index (χ0n) is 19.0. The number of likely N-dealkylation sites (N-methyl/N-ethyl adjacent to an activating group) is 1. The second-order valence-corrected chi connectivity index (χ2v) is 8.35. The third-order valence-electron chi connectivity index (χ3n) is 5.06. The quantitative estimate of drug-likeness (QED) is 0.372. The number of benzene rings is 2. The van der Waals surface area contributed by atoms with Crippen LogP contribution in [0.5, 0.6) is 11.5 Å². The van der Waals surface area contributed by atoms with Crippen molar-refractivity contribution in [3.63, 3.8) is 0 Å². The predicted molar refractivity (Wildman–Crippen MR) is 132 cm³/mol. The molecule has 34 heavy (non-hydrogen) atoms. The molecule has 0 bridgehead atoms. The van der Waals surface area contributed by atoms with Crippen molar-refractivity contribution in [2.45, 2.75) is 26.1 Å². The van der Waals surface area contributed by atoms with Gasteiger partial charge in [0.25, 0.3) is 5.91 Å². The Morgan fingerprint density at radius 3 is 2.62 bits per heavy atom. The Morgan fingerprint density at radius 2 is 1.88 bits per heavy atom. The molecule has 2 heterocycles. The van der Waals surface area contributed by atoms with Crippen LogP contribution in [0.3, 0.4) is 0 Å². The molecule has 9 heteroatoms. The number of ether oxygens (including phenoxy) is 2. The monoisotopic (exact) mass is 477 g/mol. The van der Waals surface area contributed by atoms with Gasteiger partial charge >= 0.3 is 0 Å². The lowest BCUT2D eigenvalue weighted by Gasteiger charge is -2.25. The molecule has 4 rings (SSSR count). The van der Waals surface area contributed by atoms with Crippen LogP contribution in [0.4, 0.5) is 11.5 Å². The lowest BCUT2D eigenvalue weighted by atomic mass is 10.1. The molecular weight excluding hydrogens is 454 g/mol. The van der Waals surface area contributed by atoms with E-state index in [2.05, 4.69) is 25.6 Å². The molecule has 174 valence electrons. The van der Waals surface area contributed by atoms with Gasteiger partial charge in [-0.1, -0.05) is 23.7 Å². The van der Waals surface area contributed by atoms with Crippen molar-refractivity contribution in [1.82, 2.24) is 20.3 Å². The zero-order chi connectivity index (χ0) is 24.1. The van der Waals surface area contributed by atoms with Crippen LogP contribution in [-0.4, -0.2) is 33.5 Å². The number of fused-ring (bicyclic) bond motifs is 1. The highest BCUT2D eigenvalue weighted by Crippen LogP contribution is 2.35. The van der Waals surface area contributed by atoms with Gasteiger partial charge in [0.15, 0.2) is 5.60 Å². The van der Waals surface area contributed by atoms with E-state index in [4.69, 9.17) is 21.1 Å². The van der Waals surface area contributed by atoms with Gasteiger partial charge in [0.1, 0.15) is 30.3 Å². The topological polar surface area (TPSA) is 98.3 Å². The lowest BCUT2D eigenvalue weighted by Crippen LogP contribution is -2.45. The Hall–Kier alpha value is -3.91. The van der Waals surface area contributed by atoms with Gasteiger partial charge in [-0.05, 0) is 56.3 Å². The van der Waals surface area contributed by atoms with Gasteiger partial charge in [-0.25, -0.2) is 9.97 Å². The first-order valence-electron chi connectivity index (χ1n) is 10.6. The summed E-state index contributed by atoms with van der Waals surface area (Å²) in [5, 5.41) is 6.98. The zero-order valence-corrected chi connectivity index (χ0v) is 19.8. The van der Waals surface area contributed by atoms with Crippen molar-refractivity contribution >= 4 is 39.9 Å². The van der Waals surface area contributed by atoms with Gasteiger partial charge in [0.2, 0.25) is 0 Å². The van der Waals surface area contributed by atoms with E-state index in [-0.39, 0.29) is 5.91 Å². The van der Waals surface area contributed by atoms with E-state index in [0.29, 0.717) is 45.5 Å². The third-order valence-corrected chi connectivity index (χ3v) is 5.36. The summed E-state index contributed by atoms with van der Waals surface area (Å²) < 4.78 is 11.9. The Morgan fingerprint density at radius 1 is 1.03 bits per heavy atom. The average Bonchev–Trinajstić information content (AvgIpc) is 2.83. The van der Waals surface area contributed by atoms with Gasteiger partial charge in [-0.15, -0.1) is 0 Å². The highest BCUT2D eigenvalue weighted by atomic mass is 35.5. The maximum absolute atomic E-state index is 12.2. The maximum Gasteiger partial charge on any atom is 0.263 e. The van der Waals surface area contributed by atoms with Crippen LogP contribution >= 0.6 is 11.6 Å². The Bertz CT molecular complexity index is 1310. The van der Waals surface area contributed by atoms with Gasteiger partial charge in [-0.2, -0.15) is 0 Å². The average molecular weight is 478 g/mol.